The van der Waals surface area contributed by atoms with Gasteiger partial charge in [0.2, 0.25) is 5.78 Å². The third-order valence-electron chi connectivity index (χ3n) is 2.27. The lowest BCUT2D eigenvalue weighted by atomic mass is 9.95. The minimum absolute atomic E-state index is 0.448. The van der Waals surface area contributed by atoms with Gasteiger partial charge in [0, 0.05) is 12.0 Å². The quantitative estimate of drug-likeness (QED) is 0.730. The molecule has 15 heavy (non-hydrogen) atoms. The second kappa shape index (κ2) is 5.42. The van der Waals surface area contributed by atoms with Gasteiger partial charge in [-0.15, -0.1) is 0 Å². The summed E-state index contributed by atoms with van der Waals surface area (Å²) in [4.78, 5) is 11.8. The van der Waals surface area contributed by atoms with E-state index in [0.29, 0.717) is 24.4 Å². The van der Waals surface area contributed by atoms with Crippen LogP contribution in [-0.2, 0) is 9.53 Å². The third kappa shape index (κ3) is 3.54. The second-order valence-electron chi connectivity index (χ2n) is 3.37. The number of carbonyl (C=O) groups is 1. The zero-order valence-corrected chi connectivity index (χ0v) is 10.8. The highest BCUT2D eigenvalue weighted by atomic mass is 35.6. The first-order valence-corrected chi connectivity index (χ1v) is 6.06. The molecule has 0 aromatic carbocycles. The van der Waals surface area contributed by atoms with Gasteiger partial charge in [0.05, 0.1) is 6.61 Å². The highest BCUT2D eigenvalue weighted by Gasteiger charge is 2.35. The first-order valence-electron chi connectivity index (χ1n) is 4.93. The molecule has 0 aromatic rings. The van der Waals surface area contributed by atoms with Crippen LogP contribution in [0.15, 0.2) is 11.3 Å². The predicted molar refractivity (Wildman–Crippen MR) is 62.4 cm³/mol. The van der Waals surface area contributed by atoms with Crippen LogP contribution >= 0.6 is 34.8 Å². The molecule has 2 nitrogen and oxygen atoms in total. The molecule has 0 spiro atoms. The minimum atomic E-state index is -1.87. The number of Topliss-reactive ketones (excluding diaryl/α,β-unsaturated/α-hetero) is 1. The van der Waals surface area contributed by atoms with Gasteiger partial charge in [0.25, 0.3) is 3.79 Å². The monoisotopic (exact) mass is 270 g/mol. The maximum Gasteiger partial charge on any atom is 0.253 e. The van der Waals surface area contributed by atoms with Crippen molar-refractivity contribution in [1.29, 1.82) is 0 Å². The molecule has 5 heteroatoms. The zero-order chi connectivity index (χ0) is 11.5. The Kier molecular flexibility index (Phi) is 4.75. The summed E-state index contributed by atoms with van der Waals surface area (Å²) >= 11 is 16.7. The molecule has 0 atom stereocenters. The van der Waals surface area contributed by atoms with Crippen LogP contribution in [0.25, 0.3) is 0 Å². The molecule has 0 radical (unpaired) electrons. The molecule has 0 saturated carbocycles. The molecule has 0 bridgehead atoms. The number of halogens is 3. The van der Waals surface area contributed by atoms with E-state index in [1.807, 2.05) is 6.92 Å². The van der Waals surface area contributed by atoms with Crippen molar-refractivity contribution < 1.29 is 9.53 Å². The van der Waals surface area contributed by atoms with Crippen LogP contribution in [0.3, 0.4) is 0 Å². The molecule has 0 heterocycles. The van der Waals surface area contributed by atoms with Crippen LogP contribution in [0.2, 0.25) is 0 Å². The van der Waals surface area contributed by atoms with Gasteiger partial charge in [-0.25, -0.2) is 0 Å². The number of ether oxygens (including phenoxy) is 1. The van der Waals surface area contributed by atoms with E-state index in [1.165, 1.54) is 0 Å². The number of ketones is 1. The normalized spacial score (nSPS) is 17.9. The van der Waals surface area contributed by atoms with Crippen LogP contribution in [-0.4, -0.2) is 16.2 Å². The summed E-state index contributed by atoms with van der Waals surface area (Å²) in [5, 5.41) is 0. The SMILES string of the molecule is CCOC1=C(C(=O)C(Cl)(Cl)Cl)CCCC1. The zero-order valence-electron chi connectivity index (χ0n) is 8.49. The third-order valence-corrected chi connectivity index (χ3v) is 2.78. The Morgan fingerprint density at radius 3 is 2.47 bits per heavy atom. The molecule has 0 saturated heterocycles. The van der Waals surface area contributed by atoms with E-state index in [-0.39, 0.29) is 0 Å². The summed E-state index contributed by atoms with van der Waals surface area (Å²) < 4.78 is 3.53. The summed E-state index contributed by atoms with van der Waals surface area (Å²) in [6.45, 7) is 2.41. The summed E-state index contributed by atoms with van der Waals surface area (Å²) in [7, 11) is 0. The summed E-state index contributed by atoms with van der Waals surface area (Å²) in [5.41, 5.74) is 0.545. The Balaban J connectivity index is 2.92. The van der Waals surface area contributed by atoms with Crippen molar-refractivity contribution in [3.05, 3.63) is 11.3 Å². The van der Waals surface area contributed by atoms with Crippen molar-refractivity contribution >= 4 is 40.6 Å². The molecule has 0 unspecified atom stereocenters. The van der Waals surface area contributed by atoms with E-state index in [1.54, 1.807) is 0 Å². The fourth-order valence-electron chi connectivity index (χ4n) is 1.62. The molecule has 86 valence electrons. The number of hydrogen-bond donors (Lipinski definition) is 0. The molecule has 1 rings (SSSR count). The Bertz CT molecular complexity index is 279. The highest BCUT2D eigenvalue weighted by molar-refractivity contribution is 6.77. The Morgan fingerprint density at radius 2 is 1.93 bits per heavy atom. The van der Waals surface area contributed by atoms with Gasteiger partial charge in [-0.1, -0.05) is 34.8 Å². The van der Waals surface area contributed by atoms with Gasteiger partial charge in [-0.2, -0.15) is 0 Å². The minimum Gasteiger partial charge on any atom is -0.498 e. The van der Waals surface area contributed by atoms with E-state index in [9.17, 15) is 4.79 Å². The Labute approximate surface area is 105 Å². The average Bonchev–Trinajstić information content (AvgIpc) is 2.17. The van der Waals surface area contributed by atoms with E-state index in [2.05, 4.69) is 0 Å². The molecule has 1 aliphatic rings. The summed E-state index contributed by atoms with van der Waals surface area (Å²) in [6, 6.07) is 0. The number of hydrogen-bond acceptors (Lipinski definition) is 2. The average molecular weight is 272 g/mol. The fourth-order valence-corrected chi connectivity index (χ4v) is 1.96. The van der Waals surface area contributed by atoms with Crippen molar-refractivity contribution in [2.45, 2.75) is 36.4 Å². The number of rotatable bonds is 3. The van der Waals surface area contributed by atoms with Crippen molar-refractivity contribution in [3.8, 4) is 0 Å². The lowest BCUT2D eigenvalue weighted by Gasteiger charge is -2.21. The summed E-state index contributed by atoms with van der Waals surface area (Å²) in [6.07, 6.45) is 3.36. The lowest BCUT2D eigenvalue weighted by Crippen LogP contribution is -2.24. The van der Waals surface area contributed by atoms with Crippen molar-refractivity contribution in [3.63, 3.8) is 0 Å². The topological polar surface area (TPSA) is 26.3 Å². The first kappa shape index (κ1) is 13.1. The molecular formula is C10H13Cl3O2. The number of carbonyl (C=O) groups excluding carboxylic acids is 1. The number of allylic oxidation sites excluding steroid dienone is 2. The largest absolute Gasteiger partial charge is 0.498 e. The smallest absolute Gasteiger partial charge is 0.253 e. The van der Waals surface area contributed by atoms with Crippen molar-refractivity contribution in [2.24, 2.45) is 0 Å². The van der Waals surface area contributed by atoms with Crippen LogP contribution in [0.1, 0.15) is 32.6 Å². The highest BCUT2D eigenvalue weighted by Crippen LogP contribution is 2.35. The van der Waals surface area contributed by atoms with Crippen LogP contribution in [0.5, 0.6) is 0 Å². The van der Waals surface area contributed by atoms with Crippen molar-refractivity contribution in [2.75, 3.05) is 6.61 Å². The molecule has 0 amide bonds. The molecule has 0 aromatic heterocycles. The van der Waals surface area contributed by atoms with E-state index in [4.69, 9.17) is 39.5 Å². The molecule has 0 aliphatic heterocycles. The van der Waals surface area contributed by atoms with Crippen LogP contribution in [0.4, 0.5) is 0 Å². The predicted octanol–water partition coefficient (Wildman–Crippen LogP) is 3.79. The van der Waals surface area contributed by atoms with Gasteiger partial charge < -0.3 is 4.74 Å². The van der Waals surface area contributed by atoms with Crippen LogP contribution in [0, 0.1) is 0 Å². The van der Waals surface area contributed by atoms with Gasteiger partial charge in [-0.3, -0.25) is 4.79 Å². The summed E-state index contributed by atoms with van der Waals surface area (Å²) in [5.74, 6) is 0.246. The van der Waals surface area contributed by atoms with E-state index in [0.717, 1.165) is 19.3 Å². The van der Waals surface area contributed by atoms with Crippen LogP contribution < -0.4 is 0 Å². The van der Waals surface area contributed by atoms with Crippen molar-refractivity contribution in [1.82, 2.24) is 0 Å². The molecule has 1 aliphatic carbocycles. The maximum atomic E-state index is 11.8. The molecular weight excluding hydrogens is 258 g/mol. The van der Waals surface area contributed by atoms with Gasteiger partial charge in [-0.05, 0) is 26.2 Å². The van der Waals surface area contributed by atoms with E-state index >= 15 is 0 Å². The Morgan fingerprint density at radius 1 is 1.33 bits per heavy atom. The molecule has 0 N–H and O–H groups in total. The number of alkyl halides is 3. The van der Waals surface area contributed by atoms with E-state index < -0.39 is 9.58 Å². The fraction of sp³-hybridized carbons (Fsp3) is 0.700. The Hall–Kier alpha value is 0.0800. The van der Waals surface area contributed by atoms with Gasteiger partial charge in [0.1, 0.15) is 5.76 Å². The first-order chi connectivity index (χ1) is 6.96. The second-order valence-corrected chi connectivity index (χ2v) is 5.65. The molecule has 0 fully saturated rings. The maximum absolute atomic E-state index is 11.8. The lowest BCUT2D eigenvalue weighted by molar-refractivity contribution is -0.115. The van der Waals surface area contributed by atoms with Gasteiger partial charge >= 0.3 is 0 Å². The standard InChI is InChI=1S/C10H13Cl3O2/c1-2-15-8-6-4-3-5-7(8)9(14)10(11,12)13/h2-6H2,1H3. The van der Waals surface area contributed by atoms with Gasteiger partial charge in [0.15, 0.2) is 0 Å².